The lowest BCUT2D eigenvalue weighted by atomic mass is 9.73. The van der Waals surface area contributed by atoms with E-state index in [1.807, 2.05) is 24.4 Å². The Morgan fingerprint density at radius 3 is 2.44 bits per heavy atom. The summed E-state index contributed by atoms with van der Waals surface area (Å²) in [6.45, 7) is -0.192. The number of aliphatic carboxylic acids is 1. The van der Waals surface area contributed by atoms with Crippen molar-refractivity contribution in [1.82, 2.24) is 15.1 Å². The Morgan fingerprint density at radius 1 is 1.16 bits per heavy atom. The highest BCUT2D eigenvalue weighted by Crippen LogP contribution is 2.34. The van der Waals surface area contributed by atoms with Crippen LogP contribution in [0.2, 0.25) is 0 Å². The second kappa shape index (κ2) is 7.16. The van der Waals surface area contributed by atoms with Crippen LogP contribution in [0.4, 0.5) is 5.69 Å². The molecule has 3 N–H and O–H groups in total. The van der Waals surface area contributed by atoms with Gasteiger partial charge in [-0.15, -0.1) is 0 Å². The maximum absolute atomic E-state index is 11.9. The van der Waals surface area contributed by atoms with Gasteiger partial charge >= 0.3 is 5.97 Å². The lowest BCUT2D eigenvalue weighted by Gasteiger charge is -2.31. The summed E-state index contributed by atoms with van der Waals surface area (Å²) in [4.78, 5) is 34.7. The monoisotopic (exact) mass is 342 g/mol. The molecule has 130 valence electrons. The highest BCUT2D eigenvalue weighted by Gasteiger charge is 2.41. The van der Waals surface area contributed by atoms with Crippen molar-refractivity contribution in [3.63, 3.8) is 0 Å². The number of hydrogen-bond donors (Lipinski definition) is 3. The number of hydrogen-bond acceptors (Lipinski definition) is 4. The van der Waals surface area contributed by atoms with Gasteiger partial charge in [-0.1, -0.05) is 0 Å². The average Bonchev–Trinajstić information content (AvgIpc) is 3.06. The number of carboxylic acids is 1. The van der Waals surface area contributed by atoms with Crippen LogP contribution < -0.4 is 10.6 Å². The molecular weight excluding hydrogens is 324 g/mol. The third kappa shape index (κ3) is 3.85. The van der Waals surface area contributed by atoms with Crippen molar-refractivity contribution in [2.45, 2.75) is 12.8 Å². The van der Waals surface area contributed by atoms with Gasteiger partial charge in [-0.3, -0.25) is 14.4 Å². The van der Waals surface area contributed by atoms with Gasteiger partial charge in [0.2, 0.25) is 11.8 Å². The predicted octanol–water partition coefficient (Wildman–Crippen LogP) is 1.04. The normalized spacial score (nSPS) is 18.9. The van der Waals surface area contributed by atoms with Crippen LogP contribution in [0.5, 0.6) is 0 Å². The lowest BCUT2D eigenvalue weighted by molar-refractivity contribution is -0.152. The van der Waals surface area contributed by atoms with Crippen LogP contribution in [0.1, 0.15) is 12.8 Å². The van der Waals surface area contributed by atoms with E-state index in [4.69, 9.17) is 5.11 Å². The first-order chi connectivity index (χ1) is 12.0. The quantitative estimate of drug-likeness (QED) is 0.726. The van der Waals surface area contributed by atoms with E-state index in [1.54, 1.807) is 23.0 Å². The predicted molar refractivity (Wildman–Crippen MR) is 89.1 cm³/mol. The van der Waals surface area contributed by atoms with Crippen molar-refractivity contribution < 1.29 is 19.5 Å². The molecule has 1 saturated carbocycles. The molecule has 8 heteroatoms. The molecule has 2 amide bonds. The number of anilines is 1. The van der Waals surface area contributed by atoms with E-state index < -0.39 is 17.8 Å². The van der Waals surface area contributed by atoms with E-state index in [9.17, 15) is 14.4 Å². The molecule has 0 bridgehead atoms. The number of amides is 2. The number of nitrogens with one attached hydrogen (secondary N) is 2. The first-order valence-corrected chi connectivity index (χ1v) is 7.95. The van der Waals surface area contributed by atoms with Crippen molar-refractivity contribution in [1.29, 1.82) is 0 Å². The number of benzene rings is 1. The zero-order valence-corrected chi connectivity index (χ0v) is 13.4. The van der Waals surface area contributed by atoms with Crippen LogP contribution in [0.3, 0.4) is 0 Å². The van der Waals surface area contributed by atoms with Crippen molar-refractivity contribution in [3.05, 3.63) is 42.7 Å². The molecule has 2 unspecified atom stereocenters. The Hall–Kier alpha value is -3.16. The smallest absolute Gasteiger partial charge is 0.307 e. The zero-order chi connectivity index (χ0) is 17.8. The highest BCUT2D eigenvalue weighted by atomic mass is 16.4. The number of aromatic nitrogens is 2. The van der Waals surface area contributed by atoms with Crippen molar-refractivity contribution >= 4 is 23.5 Å². The summed E-state index contributed by atoms with van der Waals surface area (Å²) in [5, 5.41) is 18.2. The molecule has 1 aliphatic rings. The Morgan fingerprint density at radius 2 is 1.88 bits per heavy atom. The van der Waals surface area contributed by atoms with Gasteiger partial charge in [0.1, 0.15) is 0 Å². The maximum atomic E-state index is 11.9. The lowest BCUT2D eigenvalue weighted by Crippen LogP contribution is -2.45. The highest BCUT2D eigenvalue weighted by molar-refractivity contribution is 5.95. The van der Waals surface area contributed by atoms with Crippen LogP contribution in [-0.2, 0) is 14.4 Å². The van der Waals surface area contributed by atoms with Crippen LogP contribution in [0, 0.1) is 11.8 Å². The fourth-order valence-electron chi connectivity index (χ4n) is 2.73. The fourth-order valence-corrected chi connectivity index (χ4v) is 2.73. The minimum atomic E-state index is -0.965. The second-order valence-electron chi connectivity index (χ2n) is 5.89. The fraction of sp³-hybridized carbons (Fsp3) is 0.294. The summed E-state index contributed by atoms with van der Waals surface area (Å²) in [6.07, 6.45) is 4.53. The van der Waals surface area contributed by atoms with Gasteiger partial charge in [0.25, 0.3) is 0 Å². The van der Waals surface area contributed by atoms with E-state index in [0.717, 1.165) is 5.69 Å². The molecule has 1 fully saturated rings. The summed E-state index contributed by atoms with van der Waals surface area (Å²) < 4.78 is 1.70. The Kier molecular flexibility index (Phi) is 4.78. The molecule has 2 atom stereocenters. The average molecular weight is 342 g/mol. The number of carbonyl (C=O) groups excluding carboxylic acids is 2. The van der Waals surface area contributed by atoms with E-state index in [0.29, 0.717) is 18.5 Å². The Labute approximate surface area is 143 Å². The van der Waals surface area contributed by atoms with E-state index in [2.05, 4.69) is 15.7 Å². The minimum Gasteiger partial charge on any atom is -0.481 e. The summed E-state index contributed by atoms with van der Waals surface area (Å²) in [7, 11) is 0. The first-order valence-electron chi connectivity index (χ1n) is 7.95. The summed E-state index contributed by atoms with van der Waals surface area (Å²) in [5.74, 6) is -2.90. The zero-order valence-electron chi connectivity index (χ0n) is 13.4. The number of rotatable bonds is 6. The molecule has 1 aromatic carbocycles. The number of nitrogens with zero attached hydrogens (tertiary/aromatic N) is 2. The molecule has 0 aliphatic heterocycles. The molecule has 25 heavy (non-hydrogen) atoms. The van der Waals surface area contributed by atoms with Gasteiger partial charge in [-0.25, -0.2) is 4.68 Å². The Bertz CT molecular complexity index is 770. The van der Waals surface area contributed by atoms with Crippen LogP contribution in [0.15, 0.2) is 42.7 Å². The van der Waals surface area contributed by atoms with Gasteiger partial charge < -0.3 is 15.7 Å². The van der Waals surface area contributed by atoms with E-state index in [1.165, 1.54) is 0 Å². The molecule has 2 aromatic rings. The molecule has 1 heterocycles. The van der Waals surface area contributed by atoms with Crippen molar-refractivity contribution in [2.24, 2.45) is 11.8 Å². The largest absolute Gasteiger partial charge is 0.481 e. The maximum Gasteiger partial charge on any atom is 0.307 e. The molecule has 8 nitrogen and oxygen atoms in total. The SMILES string of the molecule is O=C(CNC(=O)C1CCC1C(=O)O)Nc1ccc(-n2cccn2)cc1. The topological polar surface area (TPSA) is 113 Å². The molecule has 1 aliphatic carbocycles. The molecule has 1 aromatic heterocycles. The van der Waals surface area contributed by atoms with Crippen LogP contribution >= 0.6 is 0 Å². The van der Waals surface area contributed by atoms with Crippen molar-refractivity contribution in [2.75, 3.05) is 11.9 Å². The molecule has 0 saturated heterocycles. The number of carbonyl (C=O) groups is 3. The summed E-state index contributed by atoms with van der Waals surface area (Å²) >= 11 is 0. The third-order valence-electron chi connectivity index (χ3n) is 4.27. The molecule has 0 radical (unpaired) electrons. The number of carboxylic acid groups (broad SMARTS) is 1. The van der Waals surface area contributed by atoms with Gasteiger partial charge in [-0.2, -0.15) is 5.10 Å². The van der Waals surface area contributed by atoms with E-state index in [-0.39, 0.29) is 18.4 Å². The minimum absolute atomic E-state index is 0.192. The van der Waals surface area contributed by atoms with Gasteiger partial charge in [-0.05, 0) is 43.2 Å². The standard InChI is InChI=1S/C17H18N4O4/c22-15(10-18-16(23)13-6-7-14(13)17(24)25)20-11-2-4-12(5-3-11)21-9-1-8-19-21/h1-5,8-9,13-14H,6-7,10H2,(H,18,23)(H,20,22)(H,24,25). The molecule has 3 rings (SSSR count). The van der Waals surface area contributed by atoms with Crippen molar-refractivity contribution in [3.8, 4) is 5.69 Å². The molecule has 0 spiro atoms. The third-order valence-corrected chi connectivity index (χ3v) is 4.27. The summed E-state index contributed by atoms with van der Waals surface area (Å²) in [6, 6.07) is 8.92. The van der Waals surface area contributed by atoms with Crippen LogP contribution in [0.25, 0.3) is 5.69 Å². The van der Waals surface area contributed by atoms with Gasteiger partial charge in [0.15, 0.2) is 0 Å². The molecular formula is C17H18N4O4. The van der Waals surface area contributed by atoms with Gasteiger partial charge in [0.05, 0.1) is 24.1 Å². The van der Waals surface area contributed by atoms with E-state index >= 15 is 0 Å². The van der Waals surface area contributed by atoms with Gasteiger partial charge in [0, 0.05) is 18.1 Å². The summed E-state index contributed by atoms with van der Waals surface area (Å²) in [5.41, 5.74) is 1.46. The van der Waals surface area contributed by atoms with Crippen LogP contribution in [-0.4, -0.2) is 39.2 Å². The first kappa shape index (κ1) is 16.7. The Balaban J connectivity index is 1.48. The second-order valence-corrected chi connectivity index (χ2v) is 5.89.